The summed E-state index contributed by atoms with van der Waals surface area (Å²) in [4.78, 5) is 12.9. The van der Waals surface area contributed by atoms with E-state index < -0.39 is 0 Å². The molecule has 0 amide bonds. The molecule has 7 heteroatoms. The van der Waals surface area contributed by atoms with Crippen molar-refractivity contribution in [1.82, 2.24) is 19.5 Å². The molecule has 110 valence electrons. The first kappa shape index (κ1) is 14.2. The van der Waals surface area contributed by atoms with Crippen LogP contribution in [0.25, 0.3) is 11.2 Å². The van der Waals surface area contributed by atoms with E-state index in [1.54, 1.807) is 18.4 Å². The third-order valence-electron chi connectivity index (χ3n) is 3.46. The van der Waals surface area contributed by atoms with Crippen LogP contribution >= 0.6 is 23.6 Å². The van der Waals surface area contributed by atoms with E-state index in [9.17, 15) is 0 Å². The Kier molecular flexibility index (Phi) is 3.54. The summed E-state index contributed by atoms with van der Waals surface area (Å²) < 4.78 is 7.90. The second kappa shape index (κ2) is 5.23. The average Bonchev–Trinajstić information content (AvgIpc) is 3.08. The number of methoxy groups -OCH3 is 1. The van der Waals surface area contributed by atoms with E-state index in [4.69, 9.17) is 17.0 Å². The van der Waals surface area contributed by atoms with Crippen LogP contribution < -0.4 is 4.74 Å². The van der Waals surface area contributed by atoms with Crippen molar-refractivity contribution >= 4 is 34.7 Å². The van der Waals surface area contributed by atoms with Crippen LogP contribution in [0.5, 0.6) is 5.88 Å². The molecule has 0 saturated heterocycles. The second-order valence-corrected chi connectivity index (χ2v) is 6.79. The van der Waals surface area contributed by atoms with E-state index in [-0.39, 0.29) is 5.41 Å². The Hall–Kier alpha value is -1.73. The minimum Gasteiger partial charge on any atom is -0.479 e. The van der Waals surface area contributed by atoms with Crippen molar-refractivity contribution in [2.75, 3.05) is 7.11 Å². The van der Waals surface area contributed by atoms with E-state index >= 15 is 0 Å². The molecule has 3 aromatic rings. The lowest BCUT2D eigenvalue weighted by atomic mass is 9.91. The third kappa shape index (κ3) is 2.47. The number of nitrogens with zero attached hydrogens (tertiary/aromatic N) is 3. The van der Waals surface area contributed by atoms with E-state index in [0.717, 1.165) is 17.7 Å². The van der Waals surface area contributed by atoms with Crippen LogP contribution in [0.15, 0.2) is 23.8 Å². The fraction of sp³-hybridized carbons (Fsp3) is 0.357. The maximum absolute atomic E-state index is 5.45. The van der Waals surface area contributed by atoms with Crippen molar-refractivity contribution in [1.29, 1.82) is 0 Å². The van der Waals surface area contributed by atoms with Gasteiger partial charge in [0.05, 0.1) is 7.11 Å². The molecule has 0 aliphatic carbocycles. The number of imidazole rings is 1. The van der Waals surface area contributed by atoms with Crippen LogP contribution in [0.1, 0.15) is 18.7 Å². The van der Waals surface area contributed by atoms with Gasteiger partial charge in [-0.1, -0.05) is 19.9 Å². The molecule has 3 aromatic heterocycles. The van der Waals surface area contributed by atoms with Crippen LogP contribution in [-0.4, -0.2) is 26.6 Å². The summed E-state index contributed by atoms with van der Waals surface area (Å²) >= 11 is 7.20. The fourth-order valence-corrected chi connectivity index (χ4v) is 3.48. The molecule has 21 heavy (non-hydrogen) atoms. The molecule has 0 fully saturated rings. The van der Waals surface area contributed by atoms with Gasteiger partial charge in [0.2, 0.25) is 5.88 Å². The lowest BCUT2D eigenvalue weighted by molar-refractivity contribution is 0.401. The van der Waals surface area contributed by atoms with Crippen molar-refractivity contribution in [2.24, 2.45) is 0 Å². The molecule has 0 aliphatic rings. The average molecular weight is 320 g/mol. The SMILES string of the molecule is COc1ncnc2c1[nH]c(=S)n2CC(C)(C)c1cccs1. The van der Waals surface area contributed by atoms with Crippen LogP contribution in [-0.2, 0) is 12.0 Å². The van der Waals surface area contributed by atoms with Gasteiger partial charge in [-0.25, -0.2) is 4.98 Å². The van der Waals surface area contributed by atoms with E-state index in [1.807, 2.05) is 4.57 Å². The first-order valence-electron chi connectivity index (χ1n) is 6.54. The first-order chi connectivity index (χ1) is 10.0. The van der Waals surface area contributed by atoms with Crippen molar-refractivity contribution < 1.29 is 4.74 Å². The van der Waals surface area contributed by atoms with E-state index in [1.165, 1.54) is 11.2 Å². The highest BCUT2D eigenvalue weighted by atomic mass is 32.1. The predicted molar refractivity (Wildman–Crippen MR) is 86.6 cm³/mol. The van der Waals surface area contributed by atoms with Crippen LogP contribution in [0.4, 0.5) is 0 Å². The molecule has 3 heterocycles. The minimum absolute atomic E-state index is 0.0281. The number of aromatic amines is 1. The number of fused-ring (bicyclic) bond motifs is 1. The quantitative estimate of drug-likeness (QED) is 0.747. The van der Waals surface area contributed by atoms with Crippen LogP contribution in [0.3, 0.4) is 0 Å². The molecule has 0 radical (unpaired) electrons. The smallest absolute Gasteiger partial charge is 0.242 e. The second-order valence-electron chi connectivity index (χ2n) is 5.46. The van der Waals surface area contributed by atoms with E-state index in [2.05, 4.69) is 46.3 Å². The molecule has 0 bridgehead atoms. The lowest BCUT2D eigenvalue weighted by Gasteiger charge is -2.23. The molecule has 3 rings (SSSR count). The zero-order chi connectivity index (χ0) is 15.0. The van der Waals surface area contributed by atoms with Crippen molar-refractivity contribution in [2.45, 2.75) is 25.8 Å². The van der Waals surface area contributed by atoms with Gasteiger partial charge in [0.25, 0.3) is 0 Å². The Balaban J connectivity index is 2.09. The molecule has 1 N–H and O–H groups in total. The number of rotatable bonds is 4. The standard InChI is InChI=1S/C14H16N4OS2/c1-14(2,9-5-4-6-21-9)7-18-11-10(17-13(18)20)12(19-3)16-8-15-11/h4-6,8H,7H2,1-3H3,(H,17,20). The van der Waals surface area contributed by atoms with Gasteiger partial charge in [0.1, 0.15) is 11.8 Å². The van der Waals surface area contributed by atoms with Crippen molar-refractivity contribution in [3.8, 4) is 5.88 Å². The van der Waals surface area contributed by atoms with Gasteiger partial charge in [-0.2, -0.15) is 4.98 Å². The summed E-state index contributed by atoms with van der Waals surface area (Å²) in [6, 6.07) is 4.22. The summed E-state index contributed by atoms with van der Waals surface area (Å²) in [5, 5.41) is 2.09. The number of ether oxygens (including phenoxy) is 1. The lowest BCUT2D eigenvalue weighted by Crippen LogP contribution is -2.23. The zero-order valence-corrected chi connectivity index (χ0v) is 13.7. The summed E-state index contributed by atoms with van der Waals surface area (Å²) in [6.45, 7) is 5.15. The maximum atomic E-state index is 5.45. The highest BCUT2D eigenvalue weighted by Gasteiger charge is 2.24. The minimum atomic E-state index is -0.0281. The van der Waals surface area contributed by atoms with Gasteiger partial charge in [-0.15, -0.1) is 11.3 Å². The first-order valence-corrected chi connectivity index (χ1v) is 7.83. The van der Waals surface area contributed by atoms with Gasteiger partial charge in [-0.05, 0) is 23.7 Å². The molecule has 0 spiro atoms. The topological polar surface area (TPSA) is 55.7 Å². The molecule has 0 saturated carbocycles. The Bertz CT molecular complexity index is 817. The number of nitrogens with one attached hydrogen (secondary N) is 1. The third-order valence-corrected chi connectivity index (χ3v) is 5.02. The van der Waals surface area contributed by atoms with E-state index in [0.29, 0.717) is 10.7 Å². The number of thiophene rings is 1. The Morgan fingerprint density at radius 1 is 1.43 bits per heavy atom. The predicted octanol–water partition coefficient (Wildman–Crippen LogP) is 3.54. The zero-order valence-electron chi connectivity index (χ0n) is 12.1. The summed E-state index contributed by atoms with van der Waals surface area (Å²) in [5.41, 5.74) is 1.49. The Morgan fingerprint density at radius 3 is 2.90 bits per heavy atom. The van der Waals surface area contributed by atoms with Gasteiger partial charge in [-0.3, -0.25) is 0 Å². The molecule has 0 unspecified atom stereocenters. The molecular formula is C14H16N4OS2. The van der Waals surface area contributed by atoms with Gasteiger partial charge in [0, 0.05) is 16.8 Å². The number of hydrogen-bond acceptors (Lipinski definition) is 5. The van der Waals surface area contributed by atoms with Crippen molar-refractivity contribution in [3.63, 3.8) is 0 Å². The van der Waals surface area contributed by atoms with Gasteiger partial charge < -0.3 is 14.3 Å². The summed E-state index contributed by atoms with van der Waals surface area (Å²) in [7, 11) is 1.59. The normalized spacial score (nSPS) is 12.0. The van der Waals surface area contributed by atoms with Crippen LogP contribution in [0, 0.1) is 4.77 Å². The fourth-order valence-electron chi connectivity index (χ4n) is 2.38. The summed E-state index contributed by atoms with van der Waals surface area (Å²) in [5.74, 6) is 0.513. The Labute approximate surface area is 131 Å². The largest absolute Gasteiger partial charge is 0.479 e. The molecule has 5 nitrogen and oxygen atoms in total. The summed E-state index contributed by atoms with van der Waals surface area (Å²) in [6.07, 6.45) is 1.50. The maximum Gasteiger partial charge on any atom is 0.242 e. The monoisotopic (exact) mass is 320 g/mol. The molecular weight excluding hydrogens is 304 g/mol. The van der Waals surface area contributed by atoms with Crippen molar-refractivity contribution in [3.05, 3.63) is 33.5 Å². The molecule has 0 aliphatic heterocycles. The highest BCUT2D eigenvalue weighted by molar-refractivity contribution is 7.71. The number of aromatic nitrogens is 4. The number of hydrogen-bond donors (Lipinski definition) is 1. The van der Waals surface area contributed by atoms with Gasteiger partial charge in [0.15, 0.2) is 10.4 Å². The van der Waals surface area contributed by atoms with Crippen LogP contribution in [0.2, 0.25) is 0 Å². The number of H-pyrrole nitrogens is 1. The van der Waals surface area contributed by atoms with Gasteiger partial charge >= 0.3 is 0 Å². The highest BCUT2D eigenvalue weighted by Crippen LogP contribution is 2.31. The Morgan fingerprint density at radius 2 is 2.24 bits per heavy atom. The molecule has 0 aromatic carbocycles. The molecule has 0 atom stereocenters.